The second kappa shape index (κ2) is 11.7. The average molecular weight is 524 g/mol. The Kier molecular flexibility index (Phi) is 8.98. The van der Waals surface area contributed by atoms with Gasteiger partial charge in [-0.1, -0.05) is 40.9 Å². The number of thioether (sulfide) groups is 1. The highest BCUT2D eigenvalue weighted by molar-refractivity contribution is 8.03. The maximum absolute atomic E-state index is 13.5. The number of carbonyl (C=O) groups is 1. The Labute approximate surface area is 212 Å². The highest BCUT2D eigenvalue weighted by atomic mass is 35.5. The van der Waals surface area contributed by atoms with Crippen LogP contribution >= 0.6 is 46.6 Å². The van der Waals surface area contributed by atoms with E-state index in [1.165, 1.54) is 11.8 Å². The number of halogens is 3. The minimum atomic E-state index is -0.165. The summed E-state index contributed by atoms with van der Waals surface area (Å²) in [5, 5.41) is 1.64. The van der Waals surface area contributed by atoms with Gasteiger partial charge in [-0.2, -0.15) is 0 Å². The number of rotatable bonds is 9. The van der Waals surface area contributed by atoms with Crippen molar-refractivity contribution in [2.75, 3.05) is 21.3 Å². The monoisotopic (exact) mass is 522 g/mol. The van der Waals surface area contributed by atoms with Gasteiger partial charge in [0, 0.05) is 38.5 Å². The highest BCUT2D eigenvalue weighted by Gasteiger charge is 2.18. The Morgan fingerprint density at radius 1 is 0.848 bits per heavy atom. The highest BCUT2D eigenvalue weighted by Crippen LogP contribution is 2.38. The molecular formula is C25H21Cl3O4S. The molecule has 33 heavy (non-hydrogen) atoms. The van der Waals surface area contributed by atoms with Crippen molar-refractivity contribution < 1.29 is 19.0 Å². The van der Waals surface area contributed by atoms with Gasteiger partial charge < -0.3 is 14.2 Å². The van der Waals surface area contributed by atoms with E-state index in [0.29, 0.717) is 54.1 Å². The first-order chi connectivity index (χ1) is 15.9. The van der Waals surface area contributed by atoms with E-state index in [2.05, 4.69) is 0 Å². The molecule has 3 rings (SSSR count). The number of methoxy groups -OCH3 is 3. The Bertz CT molecular complexity index is 1150. The van der Waals surface area contributed by atoms with E-state index in [9.17, 15) is 4.79 Å². The van der Waals surface area contributed by atoms with E-state index in [4.69, 9.17) is 49.0 Å². The van der Waals surface area contributed by atoms with Gasteiger partial charge in [-0.25, -0.2) is 0 Å². The molecule has 3 aromatic rings. The van der Waals surface area contributed by atoms with Crippen LogP contribution in [0.1, 0.15) is 21.5 Å². The molecule has 0 spiro atoms. The Balaban J connectivity index is 2.07. The van der Waals surface area contributed by atoms with Crippen molar-refractivity contribution in [2.24, 2.45) is 0 Å². The molecule has 4 nitrogen and oxygen atoms in total. The number of hydrogen-bond acceptors (Lipinski definition) is 5. The van der Waals surface area contributed by atoms with Crippen LogP contribution in [0.3, 0.4) is 0 Å². The fraction of sp³-hybridized carbons (Fsp3) is 0.160. The van der Waals surface area contributed by atoms with E-state index in [-0.39, 0.29) is 5.78 Å². The van der Waals surface area contributed by atoms with Gasteiger partial charge in [0.2, 0.25) is 0 Å². The van der Waals surface area contributed by atoms with Crippen molar-refractivity contribution in [1.82, 2.24) is 0 Å². The number of benzene rings is 3. The Morgan fingerprint density at radius 3 is 2.00 bits per heavy atom. The first-order valence-electron chi connectivity index (χ1n) is 9.75. The molecule has 0 saturated carbocycles. The van der Waals surface area contributed by atoms with Crippen molar-refractivity contribution in [3.05, 3.63) is 91.3 Å². The standard InChI is InChI=1S/C25H21Cl3O4S/c1-30-19-11-22(31-2)20(23(12-19)32-3)13-24(25(29)15-4-7-17(26)8-5-15)33-14-16-6-9-18(27)10-21(16)28/h4-13H,14H2,1-3H3. The van der Waals surface area contributed by atoms with Gasteiger partial charge in [0.25, 0.3) is 0 Å². The van der Waals surface area contributed by atoms with Crippen LogP contribution in [-0.4, -0.2) is 27.1 Å². The normalized spacial score (nSPS) is 11.3. The molecule has 3 aromatic carbocycles. The zero-order chi connectivity index (χ0) is 24.0. The van der Waals surface area contributed by atoms with Crippen molar-refractivity contribution in [3.63, 3.8) is 0 Å². The summed E-state index contributed by atoms with van der Waals surface area (Å²) in [6, 6.07) is 15.5. The van der Waals surface area contributed by atoms with Gasteiger partial charge in [0.05, 0.1) is 31.8 Å². The Morgan fingerprint density at radius 2 is 1.45 bits per heavy atom. The molecule has 0 heterocycles. The first-order valence-corrected chi connectivity index (χ1v) is 11.9. The predicted octanol–water partition coefficient (Wildman–Crippen LogP) is 7.83. The quantitative estimate of drug-likeness (QED) is 0.211. The van der Waals surface area contributed by atoms with E-state index in [1.54, 1.807) is 75.9 Å². The third-order valence-electron chi connectivity index (χ3n) is 4.76. The van der Waals surface area contributed by atoms with Gasteiger partial charge in [-0.15, -0.1) is 11.8 Å². The number of hydrogen-bond donors (Lipinski definition) is 0. The lowest BCUT2D eigenvalue weighted by Gasteiger charge is -2.14. The summed E-state index contributed by atoms with van der Waals surface area (Å²) in [6.07, 6.45) is 1.75. The second-order valence-corrected chi connectivity index (χ2v) is 9.11. The molecule has 0 aliphatic carbocycles. The maximum Gasteiger partial charge on any atom is 0.199 e. The topological polar surface area (TPSA) is 44.8 Å². The summed E-state index contributed by atoms with van der Waals surface area (Å²) in [4.78, 5) is 13.9. The second-order valence-electron chi connectivity index (χ2n) is 6.81. The zero-order valence-electron chi connectivity index (χ0n) is 18.2. The number of Topliss-reactive ketones (excluding diaryl/α,β-unsaturated/α-hetero) is 1. The first kappa shape index (κ1) is 25.3. The number of ketones is 1. The molecule has 0 atom stereocenters. The van der Waals surface area contributed by atoms with Crippen molar-refractivity contribution >= 4 is 58.4 Å². The minimum absolute atomic E-state index is 0.165. The molecule has 0 radical (unpaired) electrons. The van der Waals surface area contributed by atoms with Crippen LogP contribution in [0.4, 0.5) is 0 Å². The molecule has 0 N–H and O–H groups in total. The SMILES string of the molecule is COc1cc(OC)c(C=C(SCc2ccc(Cl)cc2Cl)C(=O)c2ccc(Cl)cc2)c(OC)c1. The van der Waals surface area contributed by atoms with Crippen LogP contribution in [0.5, 0.6) is 17.2 Å². The summed E-state index contributed by atoms with van der Waals surface area (Å²) >= 11 is 19.7. The van der Waals surface area contributed by atoms with E-state index < -0.39 is 0 Å². The summed E-state index contributed by atoms with van der Waals surface area (Å²) in [7, 11) is 4.66. The molecule has 0 unspecified atom stereocenters. The number of allylic oxidation sites excluding steroid dienone is 1. The number of carbonyl (C=O) groups excluding carboxylic acids is 1. The van der Waals surface area contributed by atoms with Crippen molar-refractivity contribution in [2.45, 2.75) is 5.75 Å². The van der Waals surface area contributed by atoms with Gasteiger partial charge in [0.15, 0.2) is 5.78 Å². The van der Waals surface area contributed by atoms with E-state index in [0.717, 1.165) is 5.56 Å². The van der Waals surface area contributed by atoms with Crippen LogP contribution in [0.25, 0.3) is 6.08 Å². The van der Waals surface area contributed by atoms with Gasteiger partial charge >= 0.3 is 0 Å². The lowest BCUT2D eigenvalue weighted by molar-refractivity contribution is 0.104. The van der Waals surface area contributed by atoms with Gasteiger partial charge in [-0.05, 0) is 48.0 Å². The lowest BCUT2D eigenvalue weighted by Crippen LogP contribution is -2.03. The van der Waals surface area contributed by atoms with Crippen LogP contribution in [0.2, 0.25) is 15.1 Å². The van der Waals surface area contributed by atoms with Crippen molar-refractivity contribution in [1.29, 1.82) is 0 Å². The zero-order valence-corrected chi connectivity index (χ0v) is 21.2. The van der Waals surface area contributed by atoms with Gasteiger partial charge in [0.1, 0.15) is 17.2 Å². The molecule has 0 aromatic heterocycles. The maximum atomic E-state index is 13.5. The molecule has 0 aliphatic rings. The minimum Gasteiger partial charge on any atom is -0.496 e. The van der Waals surface area contributed by atoms with Gasteiger partial charge in [-0.3, -0.25) is 4.79 Å². The molecule has 8 heteroatoms. The molecule has 0 bridgehead atoms. The largest absolute Gasteiger partial charge is 0.496 e. The van der Waals surface area contributed by atoms with Crippen molar-refractivity contribution in [3.8, 4) is 17.2 Å². The molecule has 172 valence electrons. The van der Waals surface area contributed by atoms with Crippen LogP contribution < -0.4 is 14.2 Å². The summed E-state index contributed by atoms with van der Waals surface area (Å²) in [6.45, 7) is 0. The fourth-order valence-corrected chi connectivity index (χ4v) is 4.71. The van der Waals surface area contributed by atoms with Crippen LogP contribution in [0.15, 0.2) is 59.5 Å². The van der Waals surface area contributed by atoms with E-state index >= 15 is 0 Å². The van der Waals surface area contributed by atoms with E-state index in [1.807, 2.05) is 6.07 Å². The molecule has 0 saturated heterocycles. The molecule has 0 amide bonds. The third kappa shape index (κ3) is 6.39. The summed E-state index contributed by atoms with van der Waals surface area (Å²) in [5.41, 5.74) is 1.98. The summed E-state index contributed by atoms with van der Waals surface area (Å²) in [5.74, 6) is 1.89. The van der Waals surface area contributed by atoms with Crippen LogP contribution in [0, 0.1) is 0 Å². The predicted molar refractivity (Wildman–Crippen MR) is 138 cm³/mol. The fourth-order valence-electron chi connectivity index (χ4n) is 3.02. The smallest absolute Gasteiger partial charge is 0.199 e. The van der Waals surface area contributed by atoms with Crippen LogP contribution in [-0.2, 0) is 5.75 Å². The third-order valence-corrected chi connectivity index (χ3v) is 6.67. The Hall–Kier alpha value is -2.31. The lowest BCUT2D eigenvalue weighted by atomic mass is 10.1. The summed E-state index contributed by atoms with van der Waals surface area (Å²) < 4.78 is 16.4. The average Bonchev–Trinajstić information content (AvgIpc) is 2.82. The molecule has 0 aliphatic heterocycles. The molecule has 0 fully saturated rings. The molecular weight excluding hydrogens is 503 g/mol. The number of ether oxygens (including phenoxy) is 3.